The summed E-state index contributed by atoms with van der Waals surface area (Å²) in [5.74, 6) is -0.190. The van der Waals surface area contributed by atoms with E-state index >= 15 is 0 Å². The number of carbonyl (C=O) groups is 2. The number of Topliss-reactive ketones (excluding diaryl/α,β-unsaturated/α-hetero) is 1. The number of thiazole rings is 2. The summed E-state index contributed by atoms with van der Waals surface area (Å²) in [6.07, 6.45) is 0.294. The number of nitrogens with zero attached hydrogens (tertiary/aromatic N) is 2. The molecule has 4 rings (SSSR count). The van der Waals surface area contributed by atoms with Gasteiger partial charge in [-0.1, -0.05) is 35.1 Å². The van der Waals surface area contributed by atoms with Crippen LogP contribution < -0.4 is 5.32 Å². The first-order valence-electron chi connectivity index (χ1n) is 8.27. The van der Waals surface area contributed by atoms with Gasteiger partial charge in [0.1, 0.15) is 5.69 Å². The van der Waals surface area contributed by atoms with Crippen LogP contribution in [0.1, 0.15) is 32.0 Å². The molecular weight excluding hydrogens is 378 g/mol. The quantitative estimate of drug-likeness (QED) is 0.497. The monoisotopic (exact) mass is 393 g/mol. The van der Waals surface area contributed by atoms with Crippen LogP contribution in [0.2, 0.25) is 0 Å². The highest BCUT2D eigenvalue weighted by Gasteiger charge is 2.13. The largest absolute Gasteiger partial charge is 0.298 e. The van der Waals surface area contributed by atoms with E-state index in [2.05, 4.69) is 15.3 Å². The number of carbonyl (C=O) groups excluding carboxylic acids is 2. The number of fused-ring (bicyclic) bond motifs is 1. The number of aryl methyl sites for hydroxylation is 1. The summed E-state index contributed by atoms with van der Waals surface area (Å²) in [5, 5.41) is 5.15. The van der Waals surface area contributed by atoms with E-state index in [1.807, 2.05) is 43.3 Å². The Bertz CT molecular complexity index is 1130. The zero-order valence-corrected chi connectivity index (χ0v) is 16.1. The highest BCUT2D eigenvalue weighted by Crippen LogP contribution is 2.27. The molecule has 2 aromatic carbocycles. The molecule has 0 unspecified atom stereocenters. The molecule has 0 aliphatic rings. The number of hydrogen-bond acceptors (Lipinski definition) is 6. The Morgan fingerprint density at radius 1 is 1.15 bits per heavy atom. The van der Waals surface area contributed by atoms with Gasteiger partial charge < -0.3 is 0 Å². The molecule has 7 heteroatoms. The summed E-state index contributed by atoms with van der Waals surface area (Å²) < 4.78 is 0.929. The lowest BCUT2D eigenvalue weighted by atomic mass is 10.1. The van der Waals surface area contributed by atoms with Crippen molar-refractivity contribution in [2.45, 2.75) is 13.3 Å². The number of benzene rings is 2. The molecule has 1 amide bonds. The fourth-order valence-corrected chi connectivity index (χ4v) is 4.20. The molecule has 0 saturated carbocycles. The number of hydrogen-bond donors (Lipinski definition) is 1. The minimum absolute atomic E-state index is 0.00640. The van der Waals surface area contributed by atoms with Crippen LogP contribution in [0, 0.1) is 6.92 Å². The second-order valence-corrected chi connectivity index (χ2v) is 7.87. The Labute approximate surface area is 163 Å². The van der Waals surface area contributed by atoms with Gasteiger partial charge in [-0.15, -0.1) is 11.3 Å². The molecule has 4 aromatic rings. The first-order chi connectivity index (χ1) is 13.1. The zero-order valence-electron chi connectivity index (χ0n) is 14.4. The smallest absolute Gasteiger partial charge is 0.257 e. The predicted molar refractivity (Wildman–Crippen MR) is 109 cm³/mol. The van der Waals surface area contributed by atoms with Gasteiger partial charge in [0.15, 0.2) is 10.9 Å². The maximum absolute atomic E-state index is 12.4. The molecule has 134 valence electrons. The molecular formula is C20H15N3O2S2. The molecule has 1 N–H and O–H groups in total. The van der Waals surface area contributed by atoms with Gasteiger partial charge in [0.25, 0.3) is 5.91 Å². The van der Waals surface area contributed by atoms with E-state index in [0.29, 0.717) is 22.8 Å². The number of aromatic nitrogens is 2. The van der Waals surface area contributed by atoms with Crippen LogP contribution in [0.25, 0.3) is 10.2 Å². The van der Waals surface area contributed by atoms with Crippen molar-refractivity contribution in [1.29, 1.82) is 0 Å². The van der Waals surface area contributed by atoms with Crippen LogP contribution in [-0.2, 0) is 6.42 Å². The van der Waals surface area contributed by atoms with Crippen LogP contribution in [0.15, 0.2) is 53.4 Å². The van der Waals surface area contributed by atoms with Crippen molar-refractivity contribution in [2.24, 2.45) is 0 Å². The third kappa shape index (κ3) is 3.94. The third-order valence-electron chi connectivity index (χ3n) is 4.04. The lowest BCUT2D eigenvalue weighted by Crippen LogP contribution is -2.11. The number of rotatable bonds is 5. The van der Waals surface area contributed by atoms with Gasteiger partial charge in [-0.05, 0) is 36.8 Å². The van der Waals surface area contributed by atoms with Crippen molar-refractivity contribution in [3.05, 3.63) is 75.7 Å². The van der Waals surface area contributed by atoms with Crippen molar-refractivity contribution in [3.8, 4) is 0 Å². The Morgan fingerprint density at radius 3 is 2.81 bits per heavy atom. The number of anilines is 1. The first-order valence-corrected chi connectivity index (χ1v) is 10.0. The average molecular weight is 393 g/mol. The SMILES string of the molecule is Cc1cccc(C(=O)Nc2nc3ccc(CC(=O)c4cscn4)cc3s2)c1. The maximum atomic E-state index is 12.4. The van der Waals surface area contributed by atoms with Gasteiger partial charge in [0, 0.05) is 17.4 Å². The van der Waals surface area contributed by atoms with Gasteiger partial charge in [0.05, 0.1) is 15.7 Å². The summed E-state index contributed by atoms with van der Waals surface area (Å²) >= 11 is 2.80. The topological polar surface area (TPSA) is 72.0 Å². The summed E-state index contributed by atoms with van der Waals surface area (Å²) in [6, 6.07) is 13.1. The molecule has 0 aliphatic carbocycles. The molecule has 0 radical (unpaired) electrons. The first kappa shape index (κ1) is 17.5. The van der Waals surface area contributed by atoms with Crippen molar-refractivity contribution >= 4 is 49.7 Å². The van der Waals surface area contributed by atoms with Gasteiger partial charge >= 0.3 is 0 Å². The Hall–Kier alpha value is -2.90. The lowest BCUT2D eigenvalue weighted by molar-refractivity contribution is 0.0987. The van der Waals surface area contributed by atoms with E-state index in [1.165, 1.54) is 22.7 Å². The highest BCUT2D eigenvalue weighted by atomic mass is 32.1. The molecule has 2 aromatic heterocycles. The fourth-order valence-electron chi connectivity index (χ4n) is 2.71. The van der Waals surface area contributed by atoms with Crippen LogP contribution >= 0.6 is 22.7 Å². The molecule has 0 spiro atoms. The number of amides is 1. The molecule has 0 bridgehead atoms. The van der Waals surface area contributed by atoms with Gasteiger partial charge in [-0.2, -0.15) is 0 Å². The molecule has 0 saturated heterocycles. The van der Waals surface area contributed by atoms with Gasteiger partial charge in [-0.3, -0.25) is 14.9 Å². The predicted octanol–water partition coefficient (Wildman–Crippen LogP) is 4.74. The van der Waals surface area contributed by atoms with Gasteiger partial charge in [0.2, 0.25) is 0 Å². The van der Waals surface area contributed by atoms with Crippen LogP contribution in [0.5, 0.6) is 0 Å². The Morgan fingerprint density at radius 2 is 2.04 bits per heavy atom. The number of nitrogens with one attached hydrogen (secondary N) is 1. The second-order valence-electron chi connectivity index (χ2n) is 6.12. The Kier molecular flexibility index (Phi) is 4.79. The zero-order chi connectivity index (χ0) is 18.8. The van der Waals surface area contributed by atoms with Crippen LogP contribution in [0.4, 0.5) is 5.13 Å². The third-order valence-corrected chi connectivity index (χ3v) is 5.56. The van der Waals surface area contributed by atoms with Crippen molar-refractivity contribution in [3.63, 3.8) is 0 Å². The summed E-state index contributed by atoms with van der Waals surface area (Å²) in [6.45, 7) is 1.95. The van der Waals surface area contributed by atoms with E-state index in [1.54, 1.807) is 17.0 Å². The van der Waals surface area contributed by atoms with Gasteiger partial charge in [-0.25, -0.2) is 9.97 Å². The second kappa shape index (κ2) is 7.38. The van der Waals surface area contributed by atoms with E-state index in [0.717, 1.165) is 21.3 Å². The van der Waals surface area contributed by atoms with Crippen LogP contribution in [-0.4, -0.2) is 21.7 Å². The Balaban J connectivity index is 1.52. The van der Waals surface area contributed by atoms with Crippen molar-refractivity contribution in [1.82, 2.24) is 9.97 Å². The average Bonchev–Trinajstić information content (AvgIpc) is 3.30. The normalized spacial score (nSPS) is 10.9. The molecule has 0 aliphatic heterocycles. The van der Waals surface area contributed by atoms with E-state index in [9.17, 15) is 9.59 Å². The number of ketones is 1. The van der Waals surface area contributed by atoms with Crippen LogP contribution in [0.3, 0.4) is 0 Å². The standard InChI is InChI=1S/C20H15N3O2S2/c1-12-3-2-4-14(7-12)19(25)23-20-22-15-6-5-13(9-18(15)27-20)8-17(24)16-10-26-11-21-16/h2-7,9-11H,8H2,1H3,(H,22,23,25). The highest BCUT2D eigenvalue weighted by molar-refractivity contribution is 7.22. The molecule has 5 nitrogen and oxygen atoms in total. The summed E-state index contributed by atoms with van der Waals surface area (Å²) in [5.41, 5.74) is 5.48. The van der Waals surface area contributed by atoms with Crippen molar-refractivity contribution in [2.75, 3.05) is 5.32 Å². The molecule has 0 fully saturated rings. The summed E-state index contributed by atoms with van der Waals surface area (Å²) in [4.78, 5) is 33.1. The minimum atomic E-state index is -0.184. The van der Waals surface area contributed by atoms with Crippen molar-refractivity contribution < 1.29 is 9.59 Å². The molecule has 27 heavy (non-hydrogen) atoms. The fraction of sp³-hybridized carbons (Fsp3) is 0.100. The molecule has 2 heterocycles. The maximum Gasteiger partial charge on any atom is 0.257 e. The molecule has 0 atom stereocenters. The lowest BCUT2D eigenvalue weighted by Gasteiger charge is -2.02. The summed E-state index contributed by atoms with van der Waals surface area (Å²) in [7, 11) is 0. The van der Waals surface area contributed by atoms with E-state index < -0.39 is 0 Å². The minimum Gasteiger partial charge on any atom is -0.298 e. The van der Waals surface area contributed by atoms with E-state index in [-0.39, 0.29) is 11.7 Å². The van der Waals surface area contributed by atoms with E-state index in [4.69, 9.17) is 0 Å².